The molecule has 0 saturated heterocycles. The molecular weight excluding hydrogens is 278 g/mol. The Labute approximate surface area is 120 Å². The summed E-state index contributed by atoms with van der Waals surface area (Å²) in [6, 6.07) is 9.98. The van der Waals surface area contributed by atoms with Gasteiger partial charge in [-0.1, -0.05) is 18.2 Å². The fourth-order valence-electron chi connectivity index (χ4n) is 1.87. The van der Waals surface area contributed by atoms with Gasteiger partial charge in [0.25, 0.3) is 0 Å². The molecule has 1 N–H and O–H groups in total. The van der Waals surface area contributed by atoms with Crippen molar-refractivity contribution in [3.8, 4) is 5.75 Å². The van der Waals surface area contributed by atoms with E-state index in [1.165, 1.54) is 6.07 Å². The Hall–Kier alpha value is -2.27. The molecule has 2 rings (SSSR count). The van der Waals surface area contributed by atoms with E-state index in [2.05, 4.69) is 0 Å². The van der Waals surface area contributed by atoms with Crippen molar-refractivity contribution in [2.75, 3.05) is 13.2 Å². The van der Waals surface area contributed by atoms with Gasteiger partial charge in [0.1, 0.15) is 5.75 Å². The Balaban J connectivity index is 2.05. The van der Waals surface area contributed by atoms with Crippen molar-refractivity contribution in [1.29, 1.82) is 0 Å². The average Bonchev–Trinajstić information content (AvgIpc) is 2.49. The summed E-state index contributed by atoms with van der Waals surface area (Å²) in [6.07, 6.45) is 0.412. The highest BCUT2D eigenvalue weighted by Gasteiger charge is 2.11. The second-order valence-electron chi connectivity index (χ2n) is 4.42. The summed E-state index contributed by atoms with van der Waals surface area (Å²) in [7, 11) is 0. The average molecular weight is 292 g/mol. The van der Waals surface area contributed by atoms with Gasteiger partial charge in [0.05, 0.1) is 0 Å². The zero-order valence-corrected chi connectivity index (χ0v) is 11.2. The number of Topliss-reactive ketones (excluding diaryl/α,β-unsaturated/α-hetero) is 1. The van der Waals surface area contributed by atoms with Crippen molar-refractivity contribution in [2.45, 2.75) is 6.42 Å². The lowest BCUT2D eigenvalue weighted by Crippen LogP contribution is -2.13. The quantitative estimate of drug-likeness (QED) is 0.833. The number of halogens is 2. The molecule has 2 aromatic carbocycles. The first-order valence-corrected chi connectivity index (χ1v) is 6.41. The molecule has 0 fully saturated rings. The summed E-state index contributed by atoms with van der Waals surface area (Å²) in [5, 5.41) is 8.96. The van der Waals surface area contributed by atoms with Gasteiger partial charge in [-0.15, -0.1) is 0 Å². The number of rotatable bonds is 6. The number of hydrogen-bond donors (Lipinski definition) is 1. The first kappa shape index (κ1) is 15.1. The number of hydrogen-bond acceptors (Lipinski definition) is 3. The van der Waals surface area contributed by atoms with Crippen LogP contribution in [0.15, 0.2) is 42.5 Å². The monoisotopic (exact) mass is 292 g/mol. The van der Waals surface area contributed by atoms with Crippen molar-refractivity contribution >= 4 is 5.78 Å². The molecule has 0 heterocycles. The van der Waals surface area contributed by atoms with Crippen LogP contribution in [0.4, 0.5) is 8.78 Å². The van der Waals surface area contributed by atoms with Gasteiger partial charge in [-0.25, -0.2) is 8.78 Å². The molecule has 0 unspecified atom stereocenters. The standard InChI is InChI=1S/C16H14F2O3/c17-13-6-5-12(9-14(13)18)15(20)10-21-16-4-2-1-3-11(16)7-8-19/h1-6,9,19H,7-8,10H2. The van der Waals surface area contributed by atoms with Crippen molar-refractivity contribution in [3.05, 3.63) is 65.2 Å². The minimum absolute atomic E-state index is 0.0303. The van der Waals surface area contributed by atoms with E-state index in [1.54, 1.807) is 24.3 Å². The summed E-state index contributed by atoms with van der Waals surface area (Å²) >= 11 is 0. The number of ketones is 1. The molecule has 0 aliphatic carbocycles. The minimum Gasteiger partial charge on any atom is -0.485 e. The number of aliphatic hydroxyl groups is 1. The molecule has 0 aromatic heterocycles. The Bertz CT molecular complexity index is 641. The van der Waals surface area contributed by atoms with Crippen LogP contribution in [-0.2, 0) is 6.42 Å². The molecular formula is C16H14F2O3. The smallest absolute Gasteiger partial charge is 0.200 e. The highest BCUT2D eigenvalue weighted by atomic mass is 19.2. The minimum atomic E-state index is -1.07. The van der Waals surface area contributed by atoms with E-state index in [0.29, 0.717) is 12.2 Å². The van der Waals surface area contributed by atoms with Crippen molar-refractivity contribution in [2.24, 2.45) is 0 Å². The number of carbonyl (C=O) groups excluding carboxylic acids is 1. The van der Waals surface area contributed by atoms with Crippen molar-refractivity contribution in [3.63, 3.8) is 0 Å². The second kappa shape index (κ2) is 6.95. The molecule has 21 heavy (non-hydrogen) atoms. The van der Waals surface area contributed by atoms with E-state index in [-0.39, 0.29) is 18.8 Å². The number of ether oxygens (including phenoxy) is 1. The predicted molar refractivity (Wildman–Crippen MR) is 73.4 cm³/mol. The highest BCUT2D eigenvalue weighted by molar-refractivity contribution is 5.97. The Morgan fingerprint density at radius 3 is 2.57 bits per heavy atom. The highest BCUT2D eigenvalue weighted by Crippen LogP contribution is 2.19. The van der Waals surface area contributed by atoms with Crippen LogP contribution < -0.4 is 4.74 Å². The largest absolute Gasteiger partial charge is 0.485 e. The van der Waals surface area contributed by atoms with Gasteiger partial charge in [0.2, 0.25) is 0 Å². The number of benzene rings is 2. The summed E-state index contributed by atoms with van der Waals surface area (Å²) < 4.78 is 31.3. The number of aliphatic hydroxyl groups excluding tert-OH is 1. The first-order valence-electron chi connectivity index (χ1n) is 6.41. The summed E-state index contributed by atoms with van der Waals surface area (Å²) in [5.74, 6) is -2.03. The normalized spacial score (nSPS) is 10.4. The van der Waals surface area contributed by atoms with E-state index in [4.69, 9.17) is 9.84 Å². The summed E-state index contributed by atoms with van der Waals surface area (Å²) in [6.45, 7) is -0.314. The molecule has 0 saturated carbocycles. The lowest BCUT2D eigenvalue weighted by Gasteiger charge is -2.10. The van der Waals surface area contributed by atoms with Crippen LogP contribution in [0.1, 0.15) is 15.9 Å². The molecule has 0 aliphatic heterocycles. The van der Waals surface area contributed by atoms with Gasteiger partial charge in [-0.3, -0.25) is 4.79 Å². The number of para-hydroxylation sites is 1. The molecule has 2 aromatic rings. The van der Waals surface area contributed by atoms with Crippen LogP contribution in [0.2, 0.25) is 0 Å². The van der Waals surface area contributed by atoms with E-state index < -0.39 is 17.4 Å². The van der Waals surface area contributed by atoms with Crippen LogP contribution in [0.5, 0.6) is 5.75 Å². The lowest BCUT2D eigenvalue weighted by atomic mass is 10.1. The molecule has 0 spiro atoms. The van der Waals surface area contributed by atoms with Crippen LogP contribution in [0.25, 0.3) is 0 Å². The Morgan fingerprint density at radius 1 is 1.10 bits per heavy atom. The molecule has 0 bridgehead atoms. The van der Waals surface area contributed by atoms with E-state index in [9.17, 15) is 13.6 Å². The molecule has 5 heteroatoms. The molecule has 0 radical (unpaired) electrons. The summed E-state index contributed by atoms with van der Waals surface area (Å²) in [5.41, 5.74) is 0.826. The molecule has 3 nitrogen and oxygen atoms in total. The van der Waals surface area contributed by atoms with E-state index >= 15 is 0 Å². The zero-order chi connectivity index (χ0) is 15.2. The molecule has 0 aliphatic rings. The topological polar surface area (TPSA) is 46.5 Å². The van der Waals surface area contributed by atoms with Crippen LogP contribution in [-0.4, -0.2) is 24.1 Å². The third-order valence-corrected chi connectivity index (χ3v) is 2.95. The maximum absolute atomic E-state index is 13.1. The van der Waals surface area contributed by atoms with Gasteiger partial charge < -0.3 is 9.84 Å². The van der Waals surface area contributed by atoms with Crippen molar-refractivity contribution in [1.82, 2.24) is 0 Å². The SMILES string of the molecule is O=C(COc1ccccc1CCO)c1ccc(F)c(F)c1. The summed E-state index contributed by atoms with van der Waals surface area (Å²) in [4.78, 5) is 11.9. The van der Waals surface area contributed by atoms with Crippen molar-refractivity contribution < 1.29 is 23.4 Å². The fraction of sp³-hybridized carbons (Fsp3) is 0.188. The van der Waals surface area contributed by atoms with E-state index in [0.717, 1.165) is 17.7 Å². The van der Waals surface area contributed by atoms with Gasteiger partial charge in [0.15, 0.2) is 24.0 Å². The molecule has 0 amide bonds. The zero-order valence-electron chi connectivity index (χ0n) is 11.2. The molecule has 110 valence electrons. The predicted octanol–water partition coefficient (Wildman–Crippen LogP) is 2.76. The van der Waals surface area contributed by atoms with Crippen LogP contribution >= 0.6 is 0 Å². The fourth-order valence-corrected chi connectivity index (χ4v) is 1.87. The van der Waals surface area contributed by atoms with Gasteiger partial charge >= 0.3 is 0 Å². The Morgan fingerprint density at radius 2 is 1.86 bits per heavy atom. The first-order chi connectivity index (χ1) is 10.1. The lowest BCUT2D eigenvalue weighted by molar-refractivity contribution is 0.0920. The Kier molecular flexibility index (Phi) is 5.00. The maximum Gasteiger partial charge on any atom is 0.200 e. The molecule has 0 atom stereocenters. The van der Waals surface area contributed by atoms with Gasteiger partial charge in [-0.05, 0) is 36.2 Å². The van der Waals surface area contributed by atoms with E-state index in [1.807, 2.05) is 0 Å². The maximum atomic E-state index is 13.1. The third kappa shape index (κ3) is 3.86. The third-order valence-electron chi connectivity index (χ3n) is 2.95. The van der Waals surface area contributed by atoms with Gasteiger partial charge in [0, 0.05) is 12.2 Å². The van der Waals surface area contributed by atoms with Gasteiger partial charge in [-0.2, -0.15) is 0 Å². The van der Waals surface area contributed by atoms with Crippen LogP contribution in [0.3, 0.4) is 0 Å². The van der Waals surface area contributed by atoms with Crippen LogP contribution in [0, 0.1) is 11.6 Å². The second-order valence-corrected chi connectivity index (χ2v) is 4.42. The number of carbonyl (C=O) groups is 1.